The molecule has 1 aliphatic carbocycles. The molecule has 2 atom stereocenters. The Bertz CT molecular complexity index is 463. The van der Waals surface area contributed by atoms with Crippen molar-refractivity contribution in [3.8, 4) is 0 Å². The molecule has 0 N–H and O–H groups in total. The Labute approximate surface area is 121 Å². The van der Waals surface area contributed by atoms with E-state index in [9.17, 15) is 9.18 Å². The van der Waals surface area contributed by atoms with Crippen molar-refractivity contribution in [3.63, 3.8) is 0 Å². The molecule has 0 bridgehead atoms. The Balaban J connectivity index is 2.06. The standard InChI is InChI=1S/C14H17FINO/c1-3-4-14(18)17(2)13-8-11(13)10-7-9(15)5-6-12(10)16/h5-7,11,13H,3-4,8H2,1-2H3. The van der Waals surface area contributed by atoms with Gasteiger partial charge in [0.25, 0.3) is 0 Å². The molecule has 0 radical (unpaired) electrons. The van der Waals surface area contributed by atoms with E-state index in [2.05, 4.69) is 22.6 Å². The van der Waals surface area contributed by atoms with Gasteiger partial charge in [-0.15, -0.1) is 0 Å². The predicted octanol–water partition coefficient (Wildman–Crippen LogP) is 3.54. The summed E-state index contributed by atoms with van der Waals surface area (Å²) in [6.45, 7) is 2.01. The average Bonchev–Trinajstić information content (AvgIpc) is 3.11. The van der Waals surface area contributed by atoms with Crippen LogP contribution in [-0.2, 0) is 4.79 Å². The van der Waals surface area contributed by atoms with Crippen LogP contribution in [0.3, 0.4) is 0 Å². The summed E-state index contributed by atoms with van der Waals surface area (Å²) < 4.78 is 14.3. The van der Waals surface area contributed by atoms with Crippen LogP contribution in [0.2, 0.25) is 0 Å². The van der Waals surface area contributed by atoms with E-state index < -0.39 is 0 Å². The minimum atomic E-state index is -0.196. The second-order valence-corrected chi connectivity index (χ2v) is 5.99. The first-order valence-electron chi connectivity index (χ1n) is 6.25. The Morgan fingerprint density at radius 3 is 2.94 bits per heavy atom. The Morgan fingerprint density at radius 2 is 2.28 bits per heavy atom. The molecule has 1 fully saturated rings. The number of benzene rings is 1. The van der Waals surface area contributed by atoms with Crippen LogP contribution in [0.25, 0.3) is 0 Å². The van der Waals surface area contributed by atoms with Gasteiger partial charge in [0.15, 0.2) is 0 Å². The van der Waals surface area contributed by atoms with Crippen LogP contribution in [0.5, 0.6) is 0 Å². The summed E-state index contributed by atoms with van der Waals surface area (Å²) in [6.07, 6.45) is 2.42. The van der Waals surface area contributed by atoms with E-state index in [1.807, 2.05) is 18.9 Å². The lowest BCUT2D eigenvalue weighted by molar-refractivity contribution is -0.130. The number of hydrogen-bond donors (Lipinski definition) is 0. The maximum atomic E-state index is 13.3. The van der Waals surface area contributed by atoms with Gasteiger partial charge >= 0.3 is 0 Å². The molecule has 1 aromatic carbocycles. The van der Waals surface area contributed by atoms with Gasteiger partial charge in [0.1, 0.15) is 5.82 Å². The Morgan fingerprint density at radius 1 is 1.56 bits per heavy atom. The summed E-state index contributed by atoms with van der Waals surface area (Å²) >= 11 is 2.23. The maximum absolute atomic E-state index is 13.3. The fraction of sp³-hybridized carbons (Fsp3) is 0.500. The first kappa shape index (κ1) is 13.8. The van der Waals surface area contributed by atoms with Crippen molar-refractivity contribution in [2.24, 2.45) is 0 Å². The van der Waals surface area contributed by atoms with Crippen LogP contribution in [0.1, 0.15) is 37.7 Å². The lowest BCUT2D eigenvalue weighted by Gasteiger charge is -2.17. The highest BCUT2D eigenvalue weighted by Crippen LogP contribution is 2.46. The van der Waals surface area contributed by atoms with Gasteiger partial charge in [0, 0.05) is 29.0 Å². The minimum Gasteiger partial charge on any atom is -0.342 e. The molecule has 0 spiro atoms. The molecule has 1 saturated carbocycles. The van der Waals surface area contributed by atoms with E-state index in [0.717, 1.165) is 22.0 Å². The number of amides is 1. The SMILES string of the molecule is CCCC(=O)N(C)C1CC1c1cc(F)ccc1I. The molecular formula is C14H17FINO. The van der Waals surface area contributed by atoms with Crippen molar-refractivity contribution in [2.75, 3.05) is 7.05 Å². The van der Waals surface area contributed by atoms with Crippen LogP contribution in [0.15, 0.2) is 18.2 Å². The van der Waals surface area contributed by atoms with Gasteiger partial charge in [-0.2, -0.15) is 0 Å². The molecule has 1 aliphatic rings. The summed E-state index contributed by atoms with van der Waals surface area (Å²) in [5.74, 6) is 0.299. The van der Waals surface area contributed by atoms with Gasteiger partial charge in [0.05, 0.1) is 0 Å². The van der Waals surface area contributed by atoms with Gasteiger partial charge in [-0.1, -0.05) is 6.92 Å². The molecule has 2 unspecified atom stereocenters. The molecule has 0 aromatic heterocycles. The summed E-state index contributed by atoms with van der Waals surface area (Å²) in [5.41, 5.74) is 1.04. The van der Waals surface area contributed by atoms with Crippen LogP contribution in [-0.4, -0.2) is 23.9 Å². The number of carbonyl (C=O) groups excluding carboxylic acids is 1. The Hall–Kier alpha value is -0.650. The Kier molecular flexibility index (Phi) is 4.25. The molecule has 0 aliphatic heterocycles. The lowest BCUT2D eigenvalue weighted by atomic mass is 10.1. The van der Waals surface area contributed by atoms with Gasteiger partial charge < -0.3 is 4.90 Å². The van der Waals surface area contributed by atoms with Crippen LogP contribution in [0.4, 0.5) is 4.39 Å². The zero-order chi connectivity index (χ0) is 13.3. The van der Waals surface area contributed by atoms with E-state index in [4.69, 9.17) is 0 Å². The molecule has 18 heavy (non-hydrogen) atoms. The van der Waals surface area contributed by atoms with E-state index in [-0.39, 0.29) is 17.8 Å². The minimum absolute atomic E-state index is 0.191. The van der Waals surface area contributed by atoms with Crippen LogP contribution in [0, 0.1) is 9.39 Å². The van der Waals surface area contributed by atoms with E-state index >= 15 is 0 Å². The average molecular weight is 361 g/mol. The van der Waals surface area contributed by atoms with Gasteiger partial charge in [-0.25, -0.2) is 4.39 Å². The van der Waals surface area contributed by atoms with Crippen molar-refractivity contribution in [1.82, 2.24) is 4.90 Å². The van der Waals surface area contributed by atoms with Crippen molar-refractivity contribution >= 4 is 28.5 Å². The monoisotopic (exact) mass is 361 g/mol. The quantitative estimate of drug-likeness (QED) is 0.752. The van der Waals surface area contributed by atoms with E-state index in [0.29, 0.717) is 12.3 Å². The summed E-state index contributed by atoms with van der Waals surface area (Å²) in [7, 11) is 1.86. The van der Waals surface area contributed by atoms with Crippen molar-refractivity contribution in [3.05, 3.63) is 33.1 Å². The van der Waals surface area contributed by atoms with Crippen LogP contribution >= 0.6 is 22.6 Å². The molecule has 4 heteroatoms. The van der Waals surface area contributed by atoms with Crippen LogP contribution < -0.4 is 0 Å². The molecule has 1 amide bonds. The first-order chi connectivity index (χ1) is 8.54. The number of hydrogen-bond acceptors (Lipinski definition) is 1. The van der Waals surface area contributed by atoms with Crippen molar-refractivity contribution in [2.45, 2.75) is 38.1 Å². The highest BCUT2D eigenvalue weighted by molar-refractivity contribution is 14.1. The maximum Gasteiger partial charge on any atom is 0.222 e. The number of carbonyl (C=O) groups is 1. The smallest absolute Gasteiger partial charge is 0.222 e. The number of halogens is 2. The first-order valence-corrected chi connectivity index (χ1v) is 7.33. The van der Waals surface area contributed by atoms with Crippen molar-refractivity contribution < 1.29 is 9.18 Å². The zero-order valence-corrected chi connectivity index (χ0v) is 12.8. The number of nitrogens with zero attached hydrogens (tertiary/aromatic N) is 1. The largest absolute Gasteiger partial charge is 0.342 e. The second kappa shape index (κ2) is 5.55. The third kappa shape index (κ3) is 2.84. The molecule has 0 saturated heterocycles. The molecule has 2 nitrogen and oxygen atoms in total. The number of rotatable bonds is 4. The summed E-state index contributed by atoms with van der Waals surface area (Å²) in [5, 5.41) is 0. The summed E-state index contributed by atoms with van der Waals surface area (Å²) in [6, 6.07) is 5.13. The fourth-order valence-corrected chi connectivity index (χ4v) is 3.05. The van der Waals surface area contributed by atoms with Gasteiger partial charge in [-0.3, -0.25) is 4.79 Å². The molecule has 2 rings (SSSR count). The third-order valence-corrected chi connectivity index (χ3v) is 4.45. The van der Waals surface area contributed by atoms with E-state index in [1.165, 1.54) is 6.07 Å². The second-order valence-electron chi connectivity index (χ2n) is 4.83. The van der Waals surface area contributed by atoms with E-state index in [1.54, 1.807) is 12.1 Å². The molecule has 0 heterocycles. The third-order valence-electron chi connectivity index (χ3n) is 3.47. The lowest BCUT2D eigenvalue weighted by Crippen LogP contribution is -2.29. The predicted molar refractivity (Wildman–Crippen MR) is 77.9 cm³/mol. The molecular weight excluding hydrogens is 344 g/mol. The fourth-order valence-electron chi connectivity index (χ4n) is 2.32. The number of likely N-dealkylation sites (N-methyl/N-ethyl adjacent to an activating group) is 1. The van der Waals surface area contributed by atoms with Gasteiger partial charge in [-0.05, 0) is 59.2 Å². The van der Waals surface area contributed by atoms with Gasteiger partial charge in [0.2, 0.25) is 5.91 Å². The molecule has 98 valence electrons. The zero-order valence-electron chi connectivity index (χ0n) is 10.6. The highest BCUT2D eigenvalue weighted by atomic mass is 127. The van der Waals surface area contributed by atoms with Crippen molar-refractivity contribution in [1.29, 1.82) is 0 Å². The summed E-state index contributed by atoms with van der Waals surface area (Å²) in [4.78, 5) is 13.6. The molecule has 1 aromatic rings. The highest BCUT2D eigenvalue weighted by Gasteiger charge is 2.43. The topological polar surface area (TPSA) is 20.3 Å². The normalized spacial score (nSPS) is 21.8.